The lowest BCUT2D eigenvalue weighted by Gasteiger charge is -2.21. The third-order valence-electron chi connectivity index (χ3n) is 3.51. The first kappa shape index (κ1) is 18.2. The van der Waals surface area contributed by atoms with E-state index in [4.69, 9.17) is 0 Å². The molecule has 0 spiro atoms. The second kappa shape index (κ2) is 8.17. The third kappa shape index (κ3) is 4.51. The molecule has 3 aromatic rings. The van der Waals surface area contributed by atoms with Crippen molar-refractivity contribution >= 4 is 32.4 Å². The lowest BCUT2D eigenvalue weighted by atomic mass is 10.2. The average molecular weight is 388 g/mol. The number of hydrogen-bond acceptors (Lipinski definition) is 6. The van der Waals surface area contributed by atoms with Crippen molar-refractivity contribution in [2.75, 3.05) is 11.9 Å². The number of aromatic nitrogens is 2. The van der Waals surface area contributed by atoms with Gasteiger partial charge in [0, 0.05) is 6.54 Å². The van der Waals surface area contributed by atoms with Crippen LogP contribution in [0.1, 0.15) is 5.56 Å². The number of rotatable bonds is 7. The molecule has 1 aromatic heterocycles. The molecule has 0 saturated carbocycles. The number of hydrogen-bond donors (Lipinski definition) is 1. The minimum absolute atomic E-state index is 0.0849. The van der Waals surface area contributed by atoms with Crippen LogP contribution in [0.4, 0.5) is 5.13 Å². The van der Waals surface area contributed by atoms with E-state index in [9.17, 15) is 13.2 Å². The van der Waals surface area contributed by atoms with E-state index in [1.165, 1.54) is 17.6 Å². The Bertz CT molecular complexity index is 946. The van der Waals surface area contributed by atoms with Crippen LogP contribution in [0.5, 0.6) is 0 Å². The molecule has 1 heterocycles. The summed E-state index contributed by atoms with van der Waals surface area (Å²) in [5, 5.41) is 10.3. The summed E-state index contributed by atoms with van der Waals surface area (Å²) in [5.41, 5.74) is 2.27. The van der Waals surface area contributed by atoms with Gasteiger partial charge in [-0.1, -0.05) is 59.9 Å². The van der Waals surface area contributed by atoms with Crippen LogP contribution >= 0.6 is 11.3 Å². The molecular formula is C17H16N4O3S2. The Balaban J connectivity index is 1.85. The highest BCUT2D eigenvalue weighted by Gasteiger charge is 2.27. The van der Waals surface area contributed by atoms with Crippen LogP contribution < -0.4 is 5.32 Å². The largest absolute Gasteiger partial charge is 0.299 e. The molecule has 3 rings (SSSR count). The van der Waals surface area contributed by atoms with Crippen molar-refractivity contribution in [2.24, 2.45) is 0 Å². The van der Waals surface area contributed by atoms with Crippen molar-refractivity contribution in [2.45, 2.75) is 11.4 Å². The molecule has 0 atom stereocenters. The normalized spacial score (nSPS) is 11.4. The number of benzene rings is 2. The Hall–Kier alpha value is -2.62. The van der Waals surface area contributed by atoms with Crippen molar-refractivity contribution < 1.29 is 13.2 Å². The molecule has 1 N–H and O–H groups in total. The van der Waals surface area contributed by atoms with E-state index in [0.29, 0.717) is 5.13 Å². The molecule has 0 radical (unpaired) electrons. The van der Waals surface area contributed by atoms with E-state index < -0.39 is 15.9 Å². The number of amides is 1. The fraction of sp³-hybridized carbons (Fsp3) is 0.118. The van der Waals surface area contributed by atoms with Gasteiger partial charge in [-0.3, -0.25) is 10.1 Å². The minimum Gasteiger partial charge on any atom is -0.299 e. The highest BCUT2D eigenvalue weighted by molar-refractivity contribution is 7.89. The fourth-order valence-electron chi connectivity index (χ4n) is 2.30. The zero-order chi connectivity index (χ0) is 18.4. The maximum Gasteiger partial charge on any atom is 0.243 e. The average Bonchev–Trinajstić information content (AvgIpc) is 3.15. The molecule has 0 aliphatic rings. The van der Waals surface area contributed by atoms with E-state index in [0.717, 1.165) is 21.2 Å². The van der Waals surface area contributed by atoms with Gasteiger partial charge in [-0.15, -0.1) is 10.2 Å². The molecule has 2 aromatic carbocycles. The quantitative estimate of drug-likeness (QED) is 0.671. The summed E-state index contributed by atoms with van der Waals surface area (Å²) >= 11 is 1.16. The minimum atomic E-state index is -3.83. The van der Waals surface area contributed by atoms with E-state index in [2.05, 4.69) is 15.5 Å². The second-order valence-electron chi connectivity index (χ2n) is 5.36. The number of carbonyl (C=O) groups is 1. The van der Waals surface area contributed by atoms with Gasteiger partial charge in [0.1, 0.15) is 5.51 Å². The monoisotopic (exact) mass is 388 g/mol. The van der Waals surface area contributed by atoms with E-state index in [1.54, 1.807) is 18.2 Å². The molecular weight excluding hydrogens is 372 g/mol. The van der Waals surface area contributed by atoms with Crippen LogP contribution in [0, 0.1) is 0 Å². The number of anilines is 1. The van der Waals surface area contributed by atoms with Crippen LogP contribution in [0.3, 0.4) is 0 Å². The molecule has 26 heavy (non-hydrogen) atoms. The number of carbonyl (C=O) groups excluding carboxylic acids is 1. The maximum atomic E-state index is 13.0. The van der Waals surface area contributed by atoms with Crippen molar-refractivity contribution in [3.8, 4) is 0 Å². The maximum absolute atomic E-state index is 13.0. The molecule has 0 unspecified atom stereocenters. The van der Waals surface area contributed by atoms with E-state index in [-0.39, 0.29) is 18.0 Å². The molecule has 0 fully saturated rings. The van der Waals surface area contributed by atoms with Gasteiger partial charge >= 0.3 is 0 Å². The van der Waals surface area contributed by atoms with Crippen LogP contribution in [0.25, 0.3) is 0 Å². The second-order valence-corrected chi connectivity index (χ2v) is 8.13. The van der Waals surface area contributed by atoms with Crippen molar-refractivity contribution in [1.82, 2.24) is 14.5 Å². The molecule has 0 saturated heterocycles. The molecule has 0 aliphatic heterocycles. The summed E-state index contributed by atoms with van der Waals surface area (Å²) < 4.78 is 27.1. The highest BCUT2D eigenvalue weighted by atomic mass is 32.2. The fourth-order valence-corrected chi connectivity index (χ4v) is 4.17. The van der Waals surface area contributed by atoms with E-state index >= 15 is 0 Å². The smallest absolute Gasteiger partial charge is 0.243 e. The van der Waals surface area contributed by atoms with Gasteiger partial charge in [0.15, 0.2) is 0 Å². The predicted octanol–water partition coefficient (Wildman–Crippen LogP) is 2.37. The Morgan fingerprint density at radius 2 is 1.69 bits per heavy atom. The third-order valence-corrected chi connectivity index (χ3v) is 5.92. The topological polar surface area (TPSA) is 92.3 Å². The van der Waals surface area contributed by atoms with Crippen molar-refractivity contribution in [1.29, 1.82) is 0 Å². The summed E-state index contributed by atoms with van der Waals surface area (Å²) in [6.07, 6.45) is 0. The Morgan fingerprint density at radius 3 is 2.31 bits per heavy atom. The van der Waals surface area contributed by atoms with Crippen LogP contribution in [-0.2, 0) is 21.4 Å². The summed E-state index contributed by atoms with van der Waals surface area (Å²) in [7, 11) is -3.83. The van der Waals surface area contributed by atoms with Crippen LogP contribution in [0.15, 0.2) is 71.1 Å². The zero-order valence-corrected chi connectivity index (χ0v) is 15.3. The summed E-state index contributed by atoms with van der Waals surface area (Å²) in [6, 6.07) is 17.2. The lowest BCUT2D eigenvalue weighted by molar-refractivity contribution is -0.116. The van der Waals surface area contributed by atoms with Gasteiger partial charge in [-0.25, -0.2) is 8.42 Å². The predicted molar refractivity (Wildman–Crippen MR) is 99.0 cm³/mol. The molecule has 134 valence electrons. The summed E-state index contributed by atoms with van der Waals surface area (Å²) in [4.78, 5) is 12.4. The first-order valence-electron chi connectivity index (χ1n) is 7.71. The Morgan fingerprint density at radius 1 is 1.04 bits per heavy atom. The number of nitrogens with one attached hydrogen (secondary N) is 1. The van der Waals surface area contributed by atoms with Gasteiger partial charge in [-0.2, -0.15) is 4.31 Å². The van der Waals surface area contributed by atoms with Crippen molar-refractivity contribution in [3.63, 3.8) is 0 Å². The molecule has 7 nitrogen and oxygen atoms in total. The Labute approximate surface area is 155 Å². The first-order chi connectivity index (χ1) is 12.6. The first-order valence-corrected chi connectivity index (χ1v) is 10.0. The summed E-state index contributed by atoms with van der Waals surface area (Å²) in [6.45, 7) is -0.243. The van der Waals surface area contributed by atoms with E-state index in [1.807, 2.05) is 30.3 Å². The van der Waals surface area contributed by atoms with Gasteiger partial charge in [0.25, 0.3) is 0 Å². The van der Waals surface area contributed by atoms with Crippen molar-refractivity contribution in [3.05, 3.63) is 71.7 Å². The van der Waals surface area contributed by atoms with Gasteiger partial charge in [0.05, 0.1) is 11.4 Å². The van der Waals surface area contributed by atoms with Gasteiger partial charge in [0.2, 0.25) is 21.1 Å². The standard InChI is InChI=1S/C17H16N4O3S2/c22-16(19-17-20-18-13-25-17)12-21(11-14-7-3-1-4-8-14)26(23,24)15-9-5-2-6-10-15/h1-10,13H,11-12H2,(H,19,20,22). The van der Waals surface area contributed by atoms with Crippen LogP contribution in [0.2, 0.25) is 0 Å². The number of sulfonamides is 1. The molecule has 9 heteroatoms. The molecule has 1 amide bonds. The zero-order valence-electron chi connectivity index (χ0n) is 13.6. The number of nitrogens with zero attached hydrogens (tertiary/aromatic N) is 3. The van der Waals surface area contributed by atoms with Gasteiger partial charge < -0.3 is 0 Å². The Kier molecular flexibility index (Phi) is 5.71. The van der Waals surface area contributed by atoms with Crippen LogP contribution in [-0.4, -0.2) is 35.4 Å². The highest BCUT2D eigenvalue weighted by Crippen LogP contribution is 2.18. The SMILES string of the molecule is O=C(CN(Cc1ccccc1)S(=O)(=O)c1ccccc1)Nc1nncs1. The summed E-state index contributed by atoms with van der Waals surface area (Å²) in [5.74, 6) is -0.475. The van der Waals surface area contributed by atoms with Gasteiger partial charge in [-0.05, 0) is 17.7 Å². The molecule has 0 aliphatic carbocycles. The lowest BCUT2D eigenvalue weighted by Crippen LogP contribution is -2.37. The molecule has 0 bridgehead atoms.